The molecule has 1 unspecified atom stereocenters. The summed E-state index contributed by atoms with van der Waals surface area (Å²) in [6.07, 6.45) is 3.77. The van der Waals surface area contributed by atoms with Gasteiger partial charge in [0.25, 0.3) is 0 Å². The van der Waals surface area contributed by atoms with Crippen LogP contribution < -0.4 is 5.32 Å². The van der Waals surface area contributed by atoms with Gasteiger partial charge in [-0.25, -0.2) is 9.98 Å². The highest BCUT2D eigenvalue weighted by atomic mass is 15.2. The van der Waals surface area contributed by atoms with Crippen LogP contribution in [0.5, 0.6) is 0 Å². The Hall–Kier alpha value is -6.72. The van der Waals surface area contributed by atoms with E-state index in [1.54, 1.807) is 0 Å². The standard InChI is InChI=1S/C45H31N5/c1-4-14-30(15-5-1)38-29-42(48-44(47-38)31-16-6-2-7-17-31)50-41-28-32(25-26-35(41)36-22-13-27-46-45(36)50)34-21-12-24-40-43(34)37-20-10-11-23-39(37)49(40)33-18-8-3-9-19-33/h1-29,42H,(H,47,48). The molecular formula is C45H31N5. The smallest absolute Gasteiger partial charge is 0.150 e. The van der Waals surface area contributed by atoms with Crippen LogP contribution in [0.2, 0.25) is 0 Å². The molecule has 0 amide bonds. The van der Waals surface area contributed by atoms with Crippen LogP contribution in [0, 0.1) is 0 Å². The Morgan fingerprint density at radius 2 is 1.22 bits per heavy atom. The van der Waals surface area contributed by atoms with Gasteiger partial charge < -0.3 is 9.88 Å². The molecular weight excluding hydrogens is 611 g/mol. The van der Waals surface area contributed by atoms with Gasteiger partial charge >= 0.3 is 0 Å². The molecule has 0 saturated carbocycles. The molecule has 6 aromatic carbocycles. The van der Waals surface area contributed by atoms with E-state index >= 15 is 0 Å². The van der Waals surface area contributed by atoms with Gasteiger partial charge in [0.1, 0.15) is 17.6 Å². The predicted octanol–water partition coefficient (Wildman–Crippen LogP) is 10.5. The minimum absolute atomic E-state index is 0.331. The van der Waals surface area contributed by atoms with Crippen LogP contribution >= 0.6 is 0 Å². The summed E-state index contributed by atoms with van der Waals surface area (Å²) >= 11 is 0. The minimum atomic E-state index is -0.331. The van der Waals surface area contributed by atoms with Crippen molar-refractivity contribution in [3.05, 3.63) is 187 Å². The Morgan fingerprint density at radius 1 is 0.520 bits per heavy atom. The number of rotatable bonds is 5. The Bertz CT molecular complexity index is 2720. The zero-order valence-electron chi connectivity index (χ0n) is 27.1. The maximum absolute atomic E-state index is 5.35. The van der Waals surface area contributed by atoms with Crippen LogP contribution in [0.3, 0.4) is 0 Å². The van der Waals surface area contributed by atoms with Gasteiger partial charge in [-0.1, -0.05) is 121 Å². The molecule has 0 aliphatic carbocycles. The Balaban J connectivity index is 1.23. The number of benzene rings is 6. The molecule has 0 spiro atoms. The maximum atomic E-state index is 5.35. The highest BCUT2D eigenvalue weighted by molar-refractivity contribution is 6.17. The molecule has 5 heteroatoms. The number of hydrogen-bond acceptors (Lipinski definition) is 3. The SMILES string of the molecule is C1=C(c2ccccc2)NC(c2ccccc2)=NC1n1c2cc(-c3cccc4c3c3ccccc3n4-c3ccccc3)ccc2c2cccnc21. The average molecular weight is 642 g/mol. The van der Waals surface area contributed by atoms with Gasteiger partial charge in [-0.2, -0.15) is 0 Å². The van der Waals surface area contributed by atoms with Crippen LogP contribution in [0.1, 0.15) is 17.3 Å². The number of nitrogens with one attached hydrogen (secondary N) is 1. The fourth-order valence-electron chi connectivity index (χ4n) is 7.60. The lowest BCUT2D eigenvalue weighted by molar-refractivity contribution is 0.663. The van der Waals surface area contributed by atoms with Crippen LogP contribution in [0.4, 0.5) is 0 Å². The average Bonchev–Trinajstić information content (AvgIpc) is 3.71. The molecule has 5 nitrogen and oxygen atoms in total. The number of nitrogens with zero attached hydrogens (tertiary/aromatic N) is 4. The highest BCUT2D eigenvalue weighted by Gasteiger charge is 2.24. The first-order valence-corrected chi connectivity index (χ1v) is 17.0. The molecule has 1 aliphatic rings. The molecule has 3 aromatic heterocycles. The molecule has 9 aromatic rings. The number of para-hydroxylation sites is 2. The molecule has 0 radical (unpaired) electrons. The van der Waals surface area contributed by atoms with Crippen molar-refractivity contribution in [2.45, 2.75) is 6.17 Å². The zero-order chi connectivity index (χ0) is 33.0. The molecule has 0 fully saturated rings. The Morgan fingerprint density at radius 3 is 2.04 bits per heavy atom. The molecule has 1 N–H and O–H groups in total. The summed E-state index contributed by atoms with van der Waals surface area (Å²) < 4.78 is 4.67. The topological polar surface area (TPSA) is 47.1 Å². The van der Waals surface area contributed by atoms with Crippen molar-refractivity contribution in [1.29, 1.82) is 0 Å². The van der Waals surface area contributed by atoms with Crippen molar-refractivity contribution in [3.8, 4) is 16.8 Å². The summed E-state index contributed by atoms with van der Waals surface area (Å²) in [6.45, 7) is 0. The first-order valence-electron chi connectivity index (χ1n) is 17.0. The normalized spacial score (nSPS) is 14.6. The van der Waals surface area contributed by atoms with Crippen molar-refractivity contribution in [2.75, 3.05) is 0 Å². The second-order valence-corrected chi connectivity index (χ2v) is 12.7. The molecule has 0 saturated heterocycles. The van der Waals surface area contributed by atoms with E-state index in [2.05, 4.69) is 166 Å². The molecule has 1 atom stereocenters. The maximum Gasteiger partial charge on any atom is 0.150 e. The van der Waals surface area contributed by atoms with Gasteiger partial charge in [0.05, 0.1) is 16.6 Å². The van der Waals surface area contributed by atoms with E-state index in [0.717, 1.165) is 55.8 Å². The van der Waals surface area contributed by atoms with Crippen molar-refractivity contribution < 1.29 is 0 Å². The number of amidine groups is 1. The van der Waals surface area contributed by atoms with Crippen LogP contribution in [0.15, 0.2) is 181 Å². The van der Waals surface area contributed by atoms with Crippen molar-refractivity contribution in [3.63, 3.8) is 0 Å². The van der Waals surface area contributed by atoms with E-state index in [-0.39, 0.29) is 6.17 Å². The van der Waals surface area contributed by atoms with Gasteiger partial charge in [-0.15, -0.1) is 0 Å². The third-order valence-corrected chi connectivity index (χ3v) is 9.81. The number of aromatic nitrogens is 3. The summed E-state index contributed by atoms with van der Waals surface area (Å²) in [5.41, 5.74) is 11.0. The van der Waals surface area contributed by atoms with Crippen molar-refractivity contribution in [2.24, 2.45) is 4.99 Å². The summed E-state index contributed by atoms with van der Waals surface area (Å²) in [7, 11) is 0. The van der Waals surface area contributed by atoms with Crippen LogP contribution in [0.25, 0.3) is 66.3 Å². The van der Waals surface area contributed by atoms with Crippen molar-refractivity contribution in [1.82, 2.24) is 19.4 Å². The monoisotopic (exact) mass is 641 g/mol. The molecule has 1 aliphatic heterocycles. The van der Waals surface area contributed by atoms with E-state index in [1.807, 2.05) is 24.4 Å². The quantitative estimate of drug-likeness (QED) is 0.203. The van der Waals surface area contributed by atoms with E-state index in [4.69, 9.17) is 9.98 Å². The molecule has 10 rings (SSSR count). The molecule has 0 bridgehead atoms. The third-order valence-electron chi connectivity index (χ3n) is 9.81. The van der Waals surface area contributed by atoms with Gasteiger partial charge in [0, 0.05) is 44.7 Å². The van der Waals surface area contributed by atoms with Crippen LogP contribution in [-0.4, -0.2) is 20.0 Å². The zero-order valence-corrected chi connectivity index (χ0v) is 27.1. The summed E-state index contributed by atoms with van der Waals surface area (Å²) in [5, 5.41) is 8.37. The van der Waals surface area contributed by atoms with E-state index in [1.165, 1.54) is 27.4 Å². The largest absolute Gasteiger partial charge is 0.340 e. The van der Waals surface area contributed by atoms with Gasteiger partial charge in [-0.05, 0) is 65.2 Å². The summed E-state index contributed by atoms with van der Waals surface area (Å²) in [5.74, 6) is 0.831. The molecule has 236 valence electrons. The van der Waals surface area contributed by atoms with E-state index < -0.39 is 0 Å². The second-order valence-electron chi connectivity index (χ2n) is 12.7. The van der Waals surface area contributed by atoms with Gasteiger partial charge in [0.15, 0.2) is 0 Å². The fourth-order valence-corrected chi connectivity index (χ4v) is 7.60. The predicted molar refractivity (Wildman–Crippen MR) is 207 cm³/mol. The second kappa shape index (κ2) is 11.5. The Labute approximate surface area is 289 Å². The lowest BCUT2D eigenvalue weighted by Crippen LogP contribution is -2.29. The minimum Gasteiger partial charge on any atom is -0.340 e. The third kappa shape index (κ3) is 4.48. The van der Waals surface area contributed by atoms with E-state index in [9.17, 15) is 0 Å². The number of hydrogen-bond donors (Lipinski definition) is 1. The fraction of sp³-hybridized carbons (Fsp3) is 0.0222. The van der Waals surface area contributed by atoms with Crippen LogP contribution in [-0.2, 0) is 0 Å². The highest BCUT2D eigenvalue weighted by Crippen LogP contribution is 2.41. The van der Waals surface area contributed by atoms with Crippen molar-refractivity contribution >= 4 is 55.3 Å². The lowest BCUT2D eigenvalue weighted by atomic mass is 9.98. The number of fused-ring (bicyclic) bond motifs is 6. The van der Waals surface area contributed by atoms with Gasteiger partial charge in [-0.3, -0.25) is 4.57 Å². The molecule has 4 heterocycles. The number of aliphatic imine (C=N–C) groups is 1. The Kier molecular flexibility index (Phi) is 6.49. The first kappa shape index (κ1) is 28.3. The van der Waals surface area contributed by atoms with E-state index in [0.29, 0.717) is 0 Å². The number of pyridine rings is 1. The first-order chi connectivity index (χ1) is 24.8. The van der Waals surface area contributed by atoms with Gasteiger partial charge in [0.2, 0.25) is 0 Å². The summed E-state index contributed by atoms with van der Waals surface area (Å²) in [6, 6.07) is 57.9. The summed E-state index contributed by atoms with van der Waals surface area (Å²) in [4.78, 5) is 10.3. The lowest BCUT2D eigenvalue weighted by Gasteiger charge is -2.25. The molecule has 50 heavy (non-hydrogen) atoms.